The molecule has 0 bridgehead atoms. The lowest BCUT2D eigenvalue weighted by atomic mass is 10.2. The first-order chi connectivity index (χ1) is 9.60. The van der Waals surface area contributed by atoms with Crippen molar-refractivity contribution in [1.82, 2.24) is 14.8 Å². The molecule has 0 unspecified atom stereocenters. The van der Waals surface area contributed by atoms with Crippen molar-refractivity contribution in [3.05, 3.63) is 35.9 Å². The number of aromatic nitrogens is 3. The van der Waals surface area contributed by atoms with Crippen molar-refractivity contribution in [1.29, 1.82) is 0 Å². The highest BCUT2D eigenvalue weighted by atomic mass is 16.5. The van der Waals surface area contributed by atoms with Gasteiger partial charge in [-0.25, -0.2) is 9.78 Å². The number of ether oxygens (including phenoxy) is 2. The Balaban J connectivity index is 2.07. The quantitative estimate of drug-likeness (QED) is 0.650. The number of anilines is 1. The molecule has 1 aromatic carbocycles. The first kappa shape index (κ1) is 13.9. The summed E-state index contributed by atoms with van der Waals surface area (Å²) >= 11 is 0. The van der Waals surface area contributed by atoms with Crippen molar-refractivity contribution >= 4 is 11.7 Å². The predicted molar refractivity (Wildman–Crippen MR) is 72.1 cm³/mol. The average Bonchev–Trinajstić information content (AvgIpc) is 2.81. The molecule has 0 fully saturated rings. The SMILES string of the molecule is CCOc1cc(N)cc(C(=O)OCc2ncnn2C)c1. The fraction of sp³-hybridized carbons (Fsp3) is 0.308. The van der Waals surface area contributed by atoms with Crippen molar-refractivity contribution in [2.24, 2.45) is 7.05 Å². The van der Waals surface area contributed by atoms with Crippen LogP contribution in [0.1, 0.15) is 23.1 Å². The summed E-state index contributed by atoms with van der Waals surface area (Å²) in [5.41, 5.74) is 6.52. The van der Waals surface area contributed by atoms with E-state index in [0.29, 0.717) is 29.4 Å². The van der Waals surface area contributed by atoms with Crippen LogP contribution in [0.2, 0.25) is 0 Å². The van der Waals surface area contributed by atoms with E-state index in [1.807, 2.05) is 6.92 Å². The maximum Gasteiger partial charge on any atom is 0.338 e. The van der Waals surface area contributed by atoms with Gasteiger partial charge in [-0.3, -0.25) is 4.68 Å². The summed E-state index contributed by atoms with van der Waals surface area (Å²) in [4.78, 5) is 15.9. The Morgan fingerprint density at radius 2 is 2.20 bits per heavy atom. The average molecular weight is 276 g/mol. The van der Waals surface area contributed by atoms with Gasteiger partial charge in [-0.15, -0.1) is 0 Å². The van der Waals surface area contributed by atoms with Crippen molar-refractivity contribution in [3.8, 4) is 5.75 Å². The van der Waals surface area contributed by atoms with Gasteiger partial charge in [0.05, 0.1) is 12.2 Å². The molecule has 1 heterocycles. The molecule has 0 aliphatic rings. The van der Waals surface area contributed by atoms with Gasteiger partial charge in [0.15, 0.2) is 12.4 Å². The van der Waals surface area contributed by atoms with Gasteiger partial charge >= 0.3 is 5.97 Å². The van der Waals surface area contributed by atoms with E-state index < -0.39 is 5.97 Å². The van der Waals surface area contributed by atoms with Crippen LogP contribution >= 0.6 is 0 Å². The minimum absolute atomic E-state index is 0.0497. The first-order valence-electron chi connectivity index (χ1n) is 6.13. The van der Waals surface area contributed by atoms with E-state index in [1.54, 1.807) is 25.2 Å². The van der Waals surface area contributed by atoms with Gasteiger partial charge in [-0.2, -0.15) is 5.10 Å². The van der Waals surface area contributed by atoms with Crippen LogP contribution in [0.25, 0.3) is 0 Å². The minimum atomic E-state index is -0.485. The molecule has 20 heavy (non-hydrogen) atoms. The van der Waals surface area contributed by atoms with Crippen molar-refractivity contribution in [2.45, 2.75) is 13.5 Å². The summed E-state index contributed by atoms with van der Waals surface area (Å²) in [5, 5.41) is 3.89. The number of carbonyl (C=O) groups is 1. The highest BCUT2D eigenvalue weighted by molar-refractivity contribution is 5.91. The molecule has 0 aliphatic carbocycles. The summed E-state index contributed by atoms with van der Waals surface area (Å²) < 4.78 is 12.0. The molecule has 0 aliphatic heterocycles. The van der Waals surface area contributed by atoms with E-state index in [9.17, 15) is 4.79 Å². The third-order valence-corrected chi connectivity index (χ3v) is 2.61. The normalized spacial score (nSPS) is 10.3. The molecule has 0 atom stereocenters. The standard InChI is InChI=1S/C13H16N4O3/c1-3-19-11-5-9(4-10(14)6-11)13(18)20-7-12-15-8-16-17(12)2/h4-6,8H,3,7,14H2,1-2H3. The topological polar surface area (TPSA) is 92.3 Å². The Morgan fingerprint density at radius 3 is 2.85 bits per heavy atom. The highest BCUT2D eigenvalue weighted by Gasteiger charge is 2.12. The molecule has 2 N–H and O–H groups in total. The Bertz CT molecular complexity index is 609. The summed E-state index contributed by atoms with van der Waals surface area (Å²) in [6.07, 6.45) is 1.40. The molecule has 2 aromatic rings. The zero-order valence-electron chi connectivity index (χ0n) is 11.4. The van der Waals surface area contributed by atoms with Crippen LogP contribution < -0.4 is 10.5 Å². The molecule has 0 saturated carbocycles. The Morgan fingerprint density at radius 1 is 1.40 bits per heavy atom. The minimum Gasteiger partial charge on any atom is -0.494 e. The zero-order chi connectivity index (χ0) is 14.5. The highest BCUT2D eigenvalue weighted by Crippen LogP contribution is 2.19. The predicted octanol–water partition coefficient (Wildman–Crippen LogP) is 1.15. The van der Waals surface area contributed by atoms with Crippen LogP contribution in [-0.2, 0) is 18.4 Å². The molecule has 1 aromatic heterocycles. The van der Waals surface area contributed by atoms with Gasteiger partial charge in [0.25, 0.3) is 0 Å². The molecule has 0 spiro atoms. The number of aryl methyl sites for hydroxylation is 1. The van der Waals surface area contributed by atoms with Gasteiger partial charge in [0.1, 0.15) is 12.1 Å². The number of nitrogens with two attached hydrogens (primary N) is 1. The van der Waals surface area contributed by atoms with E-state index >= 15 is 0 Å². The van der Waals surface area contributed by atoms with Crippen molar-refractivity contribution in [2.75, 3.05) is 12.3 Å². The second-order valence-corrected chi connectivity index (χ2v) is 4.10. The van der Waals surface area contributed by atoms with Gasteiger partial charge in [0, 0.05) is 18.8 Å². The summed E-state index contributed by atoms with van der Waals surface area (Å²) in [7, 11) is 1.73. The van der Waals surface area contributed by atoms with E-state index in [-0.39, 0.29) is 6.61 Å². The maximum absolute atomic E-state index is 12.0. The van der Waals surface area contributed by atoms with Crippen molar-refractivity contribution in [3.63, 3.8) is 0 Å². The number of rotatable bonds is 5. The van der Waals surface area contributed by atoms with Crippen molar-refractivity contribution < 1.29 is 14.3 Å². The van der Waals surface area contributed by atoms with Crippen LogP contribution in [0, 0.1) is 0 Å². The summed E-state index contributed by atoms with van der Waals surface area (Å²) in [5.74, 6) is 0.617. The number of hydrogen-bond donors (Lipinski definition) is 1. The van der Waals surface area contributed by atoms with E-state index in [2.05, 4.69) is 10.1 Å². The van der Waals surface area contributed by atoms with E-state index in [4.69, 9.17) is 15.2 Å². The van der Waals surface area contributed by atoms with Crippen LogP contribution in [0.15, 0.2) is 24.5 Å². The third kappa shape index (κ3) is 3.25. The lowest BCUT2D eigenvalue weighted by Gasteiger charge is -2.08. The fourth-order valence-corrected chi connectivity index (χ4v) is 1.65. The molecule has 106 valence electrons. The number of nitrogens with zero attached hydrogens (tertiary/aromatic N) is 3. The van der Waals surface area contributed by atoms with Gasteiger partial charge in [-0.1, -0.05) is 0 Å². The lowest BCUT2D eigenvalue weighted by Crippen LogP contribution is -2.09. The number of nitrogen functional groups attached to an aromatic ring is 1. The maximum atomic E-state index is 12.0. The molecule has 0 saturated heterocycles. The summed E-state index contributed by atoms with van der Waals surface area (Å²) in [6.45, 7) is 2.40. The number of hydrogen-bond acceptors (Lipinski definition) is 6. The van der Waals surface area contributed by atoms with Crippen LogP contribution in [0.5, 0.6) is 5.75 Å². The number of esters is 1. The molecule has 7 nitrogen and oxygen atoms in total. The fourth-order valence-electron chi connectivity index (χ4n) is 1.65. The smallest absolute Gasteiger partial charge is 0.338 e. The molecule has 0 amide bonds. The molecular weight excluding hydrogens is 260 g/mol. The largest absolute Gasteiger partial charge is 0.494 e. The Hall–Kier alpha value is -2.57. The van der Waals surface area contributed by atoms with Crippen LogP contribution in [0.3, 0.4) is 0 Å². The Labute approximate surface area is 116 Å². The van der Waals surface area contributed by atoms with Gasteiger partial charge in [0.2, 0.25) is 0 Å². The summed E-state index contributed by atoms with van der Waals surface area (Å²) in [6, 6.07) is 4.79. The second-order valence-electron chi connectivity index (χ2n) is 4.10. The number of carbonyl (C=O) groups excluding carboxylic acids is 1. The van der Waals surface area contributed by atoms with Gasteiger partial charge < -0.3 is 15.2 Å². The van der Waals surface area contributed by atoms with Gasteiger partial charge in [-0.05, 0) is 19.1 Å². The molecule has 7 heteroatoms. The third-order valence-electron chi connectivity index (χ3n) is 2.61. The number of benzene rings is 1. The molecule has 0 radical (unpaired) electrons. The van der Waals surface area contributed by atoms with Crippen LogP contribution in [0.4, 0.5) is 5.69 Å². The van der Waals surface area contributed by atoms with E-state index in [0.717, 1.165) is 0 Å². The second kappa shape index (κ2) is 6.05. The van der Waals surface area contributed by atoms with Crippen LogP contribution in [-0.4, -0.2) is 27.3 Å². The molecule has 2 rings (SSSR count). The lowest BCUT2D eigenvalue weighted by molar-refractivity contribution is 0.0457. The zero-order valence-corrected chi connectivity index (χ0v) is 11.4. The Kier molecular flexibility index (Phi) is 4.19. The molecular formula is C13H16N4O3. The van der Waals surface area contributed by atoms with E-state index in [1.165, 1.54) is 11.0 Å². The first-order valence-corrected chi connectivity index (χ1v) is 6.13. The monoisotopic (exact) mass is 276 g/mol.